The quantitative estimate of drug-likeness (QED) is 0.789. The van der Waals surface area contributed by atoms with Gasteiger partial charge in [-0.2, -0.15) is 0 Å². The Labute approximate surface area is 165 Å². The summed E-state index contributed by atoms with van der Waals surface area (Å²) in [6, 6.07) is 9.57. The Morgan fingerprint density at radius 2 is 1.85 bits per heavy atom. The molecular formula is C17H23Cl2N3O3S. The molecular weight excluding hydrogens is 397 g/mol. The normalized spacial score (nSPS) is 16.2. The van der Waals surface area contributed by atoms with Gasteiger partial charge in [-0.15, -0.1) is 24.8 Å². The second kappa shape index (κ2) is 8.99. The van der Waals surface area contributed by atoms with Crippen molar-refractivity contribution in [3.63, 3.8) is 0 Å². The van der Waals surface area contributed by atoms with E-state index in [0.29, 0.717) is 25.9 Å². The van der Waals surface area contributed by atoms with Crippen molar-refractivity contribution >= 4 is 51.5 Å². The van der Waals surface area contributed by atoms with Crippen LogP contribution in [0.2, 0.25) is 0 Å². The number of amides is 1. The second-order valence-electron chi connectivity index (χ2n) is 6.19. The van der Waals surface area contributed by atoms with E-state index in [9.17, 15) is 13.2 Å². The molecule has 0 saturated carbocycles. The highest BCUT2D eigenvalue weighted by atomic mass is 35.5. The summed E-state index contributed by atoms with van der Waals surface area (Å²) in [7, 11) is -3.50. The van der Waals surface area contributed by atoms with E-state index in [1.54, 1.807) is 6.20 Å². The van der Waals surface area contributed by atoms with Gasteiger partial charge in [0.15, 0.2) is 14.6 Å². The number of halogens is 2. The zero-order valence-corrected chi connectivity index (χ0v) is 16.8. The minimum atomic E-state index is -3.50. The lowest BCUT2D eigenvalue weighted by Gasteiger charge is -2.34. The van der Waals surface area contributed by atoms with Crippen LogP contribution in [0.5, 0.6) is 0 Å². The van der Waals surface area contributed by atoms with E-state index in [4.69, 9.17) is 0 Å². The van der Waals surface area contributed by atoms with Crippen LogP contribution in [0.25, 0.3) is 10.9 Å². The van der Waals surface area contributed by atoms with Crippen LogP contribution in [0.4, 0.5) is 0 Å². The predicted molar refractivity (Wildman–Crippen MR) is 108 cm³/mol. The van der Waals surface area contributed by atoms with Crippen molar-refractivity contribution in [2.24, 2.45) is 0 Å². The van der Waals surface area contributed by atoms with E-state index >= 15 is 0 Å². The molecule has 1 aromatic heterocycles. The van der Waals surface area contributed by atoms with Gasteiger partial charge in [-0.05, 0) is 37.6 Å². The zero-order valence-electron chi connectivity index (χ0n) is 14.4. The maximum absolute atomic E-state index is 12.7. The lowest BCUT2D eigenvalue weighted by atomic mass is 9.95. The number of carbonyl (C=O) groups is 1. The average molecular weight is 420 g/mol. The first-order valence-corrected chi connectivity index (χ1v) is 9.84. The second-order valence-corrected chi connectivity index (χ2v) is 8.52. The molecule has 0 spiro atoms. The summed E-state index contributed by atoms with van der Waals surface area (Å²) in [5.41, 5.74) is 1.69. The first-order valence-electron chi connectivity index (χ1n) is 7.95. The van der Waals surface area contributed by atoms with E-state index in [-0.39, 0.29) is 31.4 Å². The SMILES string of the molecule is CS(=O)(=O)C1(C(=O)NCc2cccc3cccnc23)CCNCC1.Cl.Cl. The number of carbonyl (C=O) groups excluding carboxylic acids is 1. The van der Waals surface area contributed by atoms with Gasteiger partial charge in [0, 0.05) is 24.4 Å². The number of benzene rings is 1. The minimum absolute atomic E-state index is 0. The highest BCUT2D eigenvalue weighted by molar-refractivity contribution is 7.92. The van der Waals surface area contributed by atoms with Crippen molar-refractivity contribution in [2.45, 2.75) is 24.1 Å². The molecule has 9 heteroatoms. The van der Waals surface area contributed by atoms with Crippen LogP contribution in [0, 0.1) is 0 Å². The third kappa shape index (κ3) is 4.28. The first-order chi connectivity index (χ1) is 11.4. The van der Waals surface area contributed by atoms with Gasteiger partial charge in [-0.3, -0.25) is 9.78 Å². The molecule has 1 fully saturated rings. The number of fused-ring (bicyclic) bond motifs is 1. The van der Waals surface area contributed by atoms with Gasteiger partial charge in [0.1, 0.15) is 0 Å². The molecule has 1 saturated heterocycles. The Morgan fingerprint density at radius 1 is 1.19 bits per heavy atom. The van der Waals surface area contributed by atoms with Crippen molar-refractivity contribution in [2.75, 3.05) is 19.3 Å². The summed E-state index contributed by atoms with van der Waals surface area (Å²) in [6.45, 7) is 1.31. The number of piperidine rings is 1. The molecule has 1 aliphatic rings. The Morgan fingerprint density at radius 3 is 2.50 bits per heavy atom. The molecule has 26 heavy (non-hydrogen) atoms. The average Bonchev–Trinajstić information content (AvgIpc) is 2.59. The molecule has 1 amide bonds. The number of sulfone groups is 1. The number of pyridine rings is 1. The summed E-state index contributed by atoms with van der Waals surface area (Å²) in [6.07, 6.45) is 3.45. The van der Waals surface area contributed by atoms with Crippen LogP contribution < -0.4 is 10.6 Å². The van der Waals surface area contributed by atoms with Gasteiger partial charge < -0.3 is 10.6 Å². The largest absolute Gasteiger partial charge is 0.351 e. The standard InChI is InChI=1S/C17H21N3O3S.2ClH/c1-24(22,23)17(7-10-18-11-8-17)16(21)20-12-14-5-2-4-13-6-3-9-19-15(13)14;;/h2-6,9,18H,7-8,10-12H2,1H3,(H,20,21);2*1H. The summed E-state index contributed by atoms with van der Waals surface area (Å²) in [4.78, 5) is 17.1. The number of hydrogen-bond donors (Lipinski definition) is 2. The first kappa shape index (κ1) is 22.6. The van der Waals surface area contributed by atoms with Gasteiger partial charge >= 0.3 is 0 Å². The summed E-state index contributed by atoms with van der Waals surface area (Å²) < 4.78 is 23.2. The van der Waals surface area contributed by atoms with Crippen LogP contribution in [-0.2, 0) is 21.2 Å². The predicted octanol–water partition coefficient (Wildman–Crippen LogP) is 1.86. The molecule has 6 nitrogen and oxygen atoms in total. The summed E-state index contributed by atoms with van der Waals surface area (Å²) in [5, 5.41) is 6.92. The molecule has 1 aliphatic heterocycles. The van der Waals surface area contributed by atoms with Crippen LogP contribution in [0.3, 0.4) is 0 Å². The van der Waals surface area contributed by atoms with E-state index in [0.717, 1.165) is 22.7 Å². The van der Waals surface area contributed by atoms with Crippen molar-refractivity contribution in [3.05, 3.63) is 42.1 Å². The third-order valence-corrected chi connectivity index (χ3v) is 6.70. The molecule has 2 aromatic rings. The summed E-state index contributed by atoms with van der Waals surface area (Å²) in [5.74, 6) is -0.417. The highest BCUT2D eigenvalue weighted by Gasteiger charge is 2.48. The van der Waals surface area contributed by atoms with Crippen LogP contribution in [-0.4, -0.2) is 43.4 Å². The lowest BCUT2D eigenvalue weighted by Crippen LogP contribution is -2.57. The van der Waals surface area contributed by atoms with Crippen molar-refractivity contribution < 1.29 is 13.2 Å². The molecule has 0 radical (unpaired) electrons. The van der Waals surface area contributed by atoms with E-state index in [1.165, 1.54) is 0 Å². The molecule has 144 valence electrons. The fraction of sp³-hybridized carbons (Fsp3) is 0.412. The Balaban J connectivity index is 0.00000169. The maximum Gasteiger partial charge on any atom is 0.241 e. The maximum atomic E-state index is 12.7. The van der Waals surface area contributed by atoms with Gasteiger partial charge in [0.05, 0.1) is 5.52 Å². The summed E-state index contributed by atoms with van der Waals surface area (Å²) >= 11 is 0. The van der Waals surface area contributed by atoms with Crippen LogP contribution in [0.15, 0.2) is 36.5 Å². The monoisotopic (exact) mass is 419 g/mol. The lowest BCUT2D eigenvalue weighted by molar-refractivity contribution is -0.124. The molecule has 0 atom stereocenters. The van der Waals surface area contributed by atoms with Crippen molar-refractivity contribution in [1.29, 1.82) is 0 Å². The number of aromatic nitrogens is 1. The number of rotatable bonds is 4. The topological polar surface area (TPSA) is 88.2 Å². The molecule has 1 aromatic carbocycles. The molecule has 2 heterocycles. The van der Waals surface area contributed by atoms with Gasteiger partial charge in [0.25, 0.3) is 0 Å². The van der Waals surface area contributed by atoms with Gasteiger partial charge in [-0.1, -0.05) is 24.3 Å². The molecule has 0 bridgehead atoms. The zero-order chi connectivity index (χ0) is 17.2. The Hall–Kier alpha value is -1.41. The van der Waals surface area contributed by atoms with Crippen LogP contribution >= 0.6 is 24.8 Å². The van der Waals surface area contributed by atoms with Crippen LogP contribution in [0.1, 0.15) is 18.4 Å². The molecule has 0 aliphatic carbocycles. The Kier molecular flexibility index (Phi) is 7.83. The van der Waals surface area contributed by atoms with Gasteiger partial charge in [0.2, 0.25) is 5.91 Å². The fourth-order valence-corrected chi connectivity index (χ4v) is 4.60. The number of para-hydroxylation sites is 1. The van der Waals surface area contributed by atoms with E-state index < -0.39 is 20.5 Å². The number of nitrogens with one attached hydrogen (secondary N) is 2. The minimum Gasteiger partial charge on any atom is -0.351 e. The molecule has 2 N–H and O–H groups in total. The fourth-order valence-electron chi connectivity index (χ4n) is 3.24. The third-order valence-electron chi connectivity index (χ3n) is 4.69. The van der Waals surface area contributed by atoms with Crippen molar-refractivity contribution in [3.8, 4) is 0 Å². The number of nitrogens with zero attached hydrogens (tertiary/aromatic N) is 1. The molecule has 3 rings (SSSR count). The Bertz CT molecular complexity index is 863. The van der Waals surface area contributed by atoms with Crippen molar-refractivity contribution in [1.82, 2.24) is 15.6 Å². The molecule has 0 unspecified atom stereocenters. The highest BCUT2D eigenvalue weighted by Crippen LogP contribution is 2.28. The van der Waals surface area contributed by atoms with E-state index in [1.807, 2.05) is 30.3 Å². The van der Waals surface area contributed by atoms with E-state index in [2.05, 4.69) is 15.6 Å². The smallest absolute Gasteiger partial charge is 0.241 e. The number of hydrogen-bond acceptors (Lipinski definition) is 5. The van der Waals surface area contributed by atoms with Gasteiger partial charge in [-0.25, -0.2) is 8.42 Å².